The molecule has 0 saturated carbocycles. The molecule has 0 spiro atoms. The second-order valence-electron chi connectivity index (χ2n) is 2.65. The minimum absolute atomic E-state index is 0. The standard InChI is InChI=1S/C7H12N2O2.2ClH/c10-5-7(11)9-6-1-3-8-4-2-6;;/h5-6,8H,1-4H2,(H,9,11);2*1H. The van der Waals surface area contributed by atoms with E-state index in [0.717, 1.165) is 25.9 Å². The van der Waals surface area contributed by atoms with E-state index in [1.807, 2.05) is 0 Å². The van der Waals surface area contributed by atoms with Gasteiger partial charge >= 0.3 is 0 Å². The van der Waals surface area contributed by atoms with Crippen LogP contribution in [0.15, 0.2) is 0 Å². The Balaban J connectivity index is 0. The van der Waals surface area contributed by atoms with Crippen molar-refractivity contribution in [2.45, 2.75) is 18.9 Å². The van der Waals surface area contributed by atoms with Gasteiger partial charge in [-0.1, -0.05) is 0 Å². The van der Waals surface area contributed by atoms with Crippen molar-refractivity contribution >= 4 is 37.0 Å². The molecule has 1 fully saturated rings. The Morgan fingerprint density at radius 2 is 1.85 bits per heavy atom. The minimum Gasteiger partial charge on any atom is -0.347 e. The predicted molar refractivity (Wildman–Crippen MR) is 54.6 cm³/mol. The van der Waals surface area contributed by atoms with E-state index in [1.54, 1.807) is 0 Å². The Hall–Kier alpha value is -0.320. The third kappa shape index (κ3) is 5.85. The molecule has 1 heterocycles. The van der Waals surface area contributed by atoms with E-state index in [4.69, 9.17) is 0 Å². The molecule has 13 heavy (non-hydrogen) atoms. The summed E-state index contributed by atoms with van der Waals surface area (Å²) >= 11 is 0. The number of rotatable bonds is 2. The van der Waals surface area contributed by atoms with Crippen LogP contribution in [-0.2, 0) is 9.59 Å². The van der Waals surface area contributed by atoms with Gasteiger partial charge in [0.15, 0.2) is 0 Å². The van der Waals surface area contributed by atoms with Crippen LogP contribution in [0.25, 0.3) is 0 Å². The van der Waals surface area contributed by atoms with Gasteiger partial charge in [0.05, 0.1) is 0 Å². The Kier molecular flexibility index (Phi) is 9.67. The highest BCUT2D eigenvalue weighted by Crippen LogP contribution is 2.00. The lowest BCUT2D eigenvalue weighted by Crippen LogP contribution is -2.43. The Morgan fingerprint density at radius 1 is 1.31 bits per heavy atom. The highest BCUT2D eigenvalue weighted by Gasteiger charge is 2.13. The number of carbonyl (C=O) groups is 2. The zero-order valence-electron chi connectivity index (χ0n) is 7.12. The van der Waals surface area contributed by atoms with Gasteiger partial charge in [-0.3, -0.25) is 9.59 Å². The van der Waals surface area contributed by atoms with E-state index < -0.39 is 5.91 Å². The van der Waals surface area contributed by atoms with Crippen LogP contribution in [0.4, 0.5) is 0 Å². The first-order valence-electron chi connectivity index (χ1n) is 3.79. The van der Waals surface area contributed by atoms with Gasteiger partial charge in [0.2, 0.25) is 6.29 Å². The van der Waals surface area contributed by atoms with Gasteiger partial charge in [0.25, 0.3) is 5.91 Å². The number of amides is 1. The van der Waals surface area contributed by atoms with Gasteiger partial charge < -0.3 is 10.6 Å². The van der Waals surface area contributed by atoms with Crippen LogP contribution in [0.5, 0.6) is 0 Å². The van der Waals surface area contributed by atoms with Gasteiger partial charge in [-0.2, -0.15) is 0 Å². The molecule has 0 bridgehead atoms. The Bertz CT molecular complexity index is 161. The van der Waals surface area contributed by atoms with Crippen LogP contribution in [0.1, 0.15) is 12.8 Å². The fourth-order valence-corrected chi connectivity index (χ4v) is 1.20. The smallest absolute Gasteiger partial charge is 0.284 e. The molecule has 0 aromatic carbocycles. The zero-order chi connectivity index (χ0) is 8.10. The van der Waals surface area contributed by atoms with Crippen molar-refractivity contribution in [1.82, 2.24) is 10.6 Å². The summed E-state index contributed by atoms with van der Waals surface area (Å²) in [5.41, 5.74) is 0. The van der Waals surface area contributed by atoms with E-state index >= 15 is 0 Å². The molecule has 6 heteroatoms. The van der Waals surface area contributed by atoms with Crippen molar-refractivity contribution in [3.05, 3.63) is 0 Å². The molecule has 0 radical (unpaired) electrons. The lowest BCUT2D eigenvalue weighted by Gasteiger charge is -2.22. The largest absolute Gasteiger partial charge is 0.347 e. The molecule has 0 atom stereocenters. The van der Waals surface area contributed by atoms with Crippen LogP contribution in [0.2, 0.25) is 0 Å². The topological polar surface area (TPSA) is 58.2 Å². The van der Waals surface area contributed by atoms with Crippen LogP contribution in [0.3, 0.4) is 0 Å². The maximum absolute atomic E-state index is 10.6. The fourth-order valence-electron chi connectivity index (χ4n) is 1.20. The molecule has 78 valence electrons. The monoisotopic (exact) mass is 228 g/mol. The average molecular weight is 229 g/mol. The molecule has 1 rings (SSSR count). The number of hydrogen-bond donors (Lipinski definition) is 2. The lowest BCUT2D eigenvalue weighted by molar-refractivity contribution is -0.131. The number of piperidine rings is 1. The molecule has 2 N–H and O–H groups in total. The predicted octanol–water partition coefficient (Wildman–Crippen LogP) is -0.103. The zero-order valence-corrected chi connectivity index (χ0v) is 8.75. The molecule has 0 aliphatic carbocycles. The molecular formula is C7H14Cl2N2O2. The maximum atomic E-state index is 10.6. The molecule has 4 nitrogen and oxygen atoms in total. The quantitative estimate of drug-likeness (QED) is 0.513. The van der Waals surface area contributed by atoms with Crippen LogP contribution in [0, 0.1) is 0 Å². The van der Waals surface area contributed by atoms with E-state index in [0.29, 0.717) is 6.29 Å². The van der Waals surface area contributed by atoms with Gasteiger partial charge in [0.1, 0.15) is 0 Å². The number of nitrogens with one attached hydrogen (secondary N) is 2. The van der Waals surface area contributed by atoms with Gasteiger partial charge in [0, 0.05) is 6.04 Å². The Labute approximate surface area is 89.7 Å². The molecule has 0 unspecified atom stereocenters. The van der Waals surface area contributed by atoms with Gasteiger partial charge in [-0.15, -0.1) is 24.8 Å². The number of halogens is 2. The summed E-state index contributed by atoms with van der Waals surface area (Å²) in [6, 6.07) is 0.189. The summed E-state index contributed by atoms with van der Waals surface area (Å²) in [5, 5.41) is 5.79. The number of aldehydes is 1. The van der Waals surface area contributed by atoms with Crippen molar-refractivity contribution < 1.29 is 9.59 Å². The summed E-state index contributed by atoms with van der Waals surface area (Å²) in [4.78, 5) is 20.5. The molecule has 1 aliphatic rings. The highest BCUT2D eigenvalue weighted by atomic mass is 35.5. The summed E-state index contributed by atoms with van der Waals surface area (Å²) < 4.78 is 0. The normalized spacial score (nSPS) is 16.3. The van der Waals surface area contributed by atoms with Crippen molar-refractivity contribution in [2.75, 3.05) is 13.1 Å². The third-order valence-electron chi connectivity index (χ3n) is 1.79. The number of hydrogen-bond acceptors (Lipinski definition) is 3. The lowest BCUT2D eigenvalue weighted by atomic mass is 10.1. The second kappa shape index (κ2) is 8.29. The summed E-state index contributed by atoms with van der Waals surface area (Å²) in [7, 11) is 0. The summed E-state index contributed by atoms with van der Waals surface area (Å²) in [5.74, 6) is -0.503. The van der Waals surface area contributed by atoms with Crippen molar-refractivity contribution in [1.29, 1.82) is 0 Å². The molecule has 0 aromatic heterocycles. The number of carbonyl (C=O) groups excluding carboxylic acids is 2. The minimum atomic E-state index is -0.503. The van der Waals surface area contributed by atoms with E-state index in [1.165, 1.54) is 0 Å². The van der Waals surface area contributed by atoms with E-state index in [2.05, 4.69) is 10.6 Å². The molecular weight excluding hydrogens is 215 g/mol. The van der Waals surface area contributed by atoms with Crippen LogP contribution in [-0.4, -0.2) is 31.3 Å². The fraction of sp³-hybridized carbons (Fsp3) is 0.714. The first kappa shape index (κ1) is 15.2. The molecule has 0 aromatic rings. The van der Waals surface area contributed by atoms with Crippen LogP contribution < -0.4 is 10.6 Å². The van der Waals surface area contributed by atoms with Gasteiger partial charge in [-0.25, -0.2) is 0 Å². The third-order valence-corrected chi connectivity index (χ3v) is 1.79. The maximum Gasteiger partial charge on any atom is 0.284 e. The molecule has 1 saturated heterocycles. The second-order valence-corrected chi connectivity index (χ2v) is 2.65. The first-order valence-corrected chi connectivity index (χ1v) is 3.79. The van der Waals surface area contributed by atoms with E-state index in [-0.39, 0.29) is 30.9 Å². The van der Waals surface area contributed by atoms with E-state index in [9.17, 15) is 9.59 Å². The molecule has 1 amide bonds. The Morgan fingerprint density at radius 3 is 2.31 bits per heavy atom. The highest BCUT2D eigenvalue weighted by molar-refractivity contribution is 6.23. The van der Waals surface area contributed by atoms with Crippen molar-refractivity contribution in [3.8, 4) is 0 Å². The summed E-state index contributed by atoms with van der Waals surface area (Å²) in [6.45, 7) is 1.84. The van der Waals surface area contributed by atoms with Gasteiger partial charge in [-0.05, 0) is 25.9 Å². The van der Waals surface area contributed by atoms with Crippen LogP contribution >= 0.6 is 24.8 Å². The summed E-state index contributed by atoms with van der Waals surface area (Å²) in [6.07, 6.45) is 2.15. The first-order chi connectivity index (χ1) is 5.33. The van der Waals surface area contributed by atoms with Crippen molar-refractivity contribution in [2.24, 2.45) is 0 Å². The SMILES string of the molecule is Cl.Cl.O=CC(=O)NC1CCNCC1. The van der Waals surface area contributed by atoms with Crippen molar-refractivity contribution in [3.63, 3.8) is 0 Å². The average Bonchev–Trinajstić information content (AvgIpc) is 2.06. The molecule has 1 aliphatic heterocycles.